The first-order chi connectivity index (χ1) is 15.7. The van der Waals surface area contributed by atoms with E-state index >= 15 is 0 Å². The first-order valence-electron chi connectivity index (χ1n) is 11.2. The summed E-state index contributed by atoms with van der Waals surface area (Å²) in [5.74, 6) is -3.31. The van der Waals surface area contributed by atoms with Gasteiger partial charge < -0.3 is 15.2 Å². The molecule has 0 unspecified atom stereocenters. The third-order valence-electron chi connectivity index (χ3n) is 7.13. The molecule has 174 valence electrons. The number of rotatable bonds is 6. The molecule has 0 aliphatic heterocycles. The molecule has 2 aliphatic carbocycles. The molecule has 33 heavy (non-hydrogen) atoms. The molecular weight excluding hydrogens is 438 g/mol. The van der Waals surface area contributed by atoms with Gasteiger partial charge in [-0.3, -0.25) is 9.59 Å². The maximum absolute atomic E-state index is 13.5. The van der Waals surface area contributed by atoms with Gasteiger partial charge in [0.15, 0.2) is 0 Å². The number of carboxylic acid groups (broad SMARTS) is 1. The van der Waals surface area contributed by atoms with Crippen LogP contribution in [0, 0.1) is 23.7 Å². The van der Waals surface area contributed by atoms with Gasteiger partial charge in [0.25, 0.3) is 0 Å². The van der Waals surface area contributed by atoms with Gasteiger partial charge in [-0.25, -0.2) is 4.79 Å². The van der Waals surface area contributed by atoms with E-state index in [0.717, 1.165) is 34.4 Å². The van der Waals surface area contributed by atoms with E-state index in [1.54, 1.807) is 6.07 Å². The van der Waals surface area contributed by atoms with Crippen LogP contribution in [0.15, 0.2) is 47.5 Å². The monoisotopic (exact) mass is 467 g/mol. The number of thiophene rings is 1. The van der Waals surface area contributed by atoms with Crippen LogP contribution in [0.1, 0.15) is 60.3 Å². The number of carboxylic acids is 1. The Morgan fingerprint density at radius 2 is 1.73 bits per heavy atom. The second-order valence-corrected chi connectivity index (χ2v) is 10.2. The molecule has 1 amide bonds. The third-order valence-corrected chi connectivity index (χ3v) is 8.36. The molecule has 2 fully saturated rings. The molecule has 2 N–H and O–H groups in total. The molecule has 2 saturated carbocycles. The fraction of sp³-hybridized carbons (Fsp3) is 0.423. The van der Waals surface area contributed by atoms with E-state index in [4.69, 9.17) is 4.74 Å². The number of amides is 1. The average molecular weight is 468 g/mol. The van der Waals surface area contributed by atoms with Crippen molar-refractivity contribution in [3.8, 4) is 0 Å². The number of ether oxygens (including phenoxy) is 1. The van der Waals surface area contributed by atoms with Crippen LogP contribution in [0.5, 0.6) is 0 Å². The lowest BCUT2D eigenvalue weighted by atomic mass is 9.79. The number of allylic oxidation sites excluding steroid dienone is 2. The molecule has 2 bridgehead atoms. The first kappa shape index (κ1) is 23.2. The third kappa shape index (κ3) is 4.10. The highest BCUT2D eigenvalue weighted by atomic mass is 32.1. The van der Waals surface area contributed by atoms with Crippen molar-refractivity contribution >= 4 is 34.2 Å². The van der Waals surface area contributed by atoms with Crippen molar-refractivity contribution in [3.05, 3.63) is 63.5 Å². The number of fused-ring (bicyclic) bond motifs is 2. The molecule has 0 radical (unpaired) electrons. The minimum Gasteiger partial charge on any atom is -0.481 e. The van der Waals surface area contributed by atoms with Crippen LogP contribution in [0.3, 0.4) is 0 Å². The lowest BCUT2D eigenvalue weighted by molar-refractivity contribution is -0.148. The van der Waals surface area contributed by atoms with Gasteiger partial charge in [0.05, 0.1) is 24.5 Å². The van der Waals surface area contributed by atoms with E-state index in [-0.39, 0.29) is 23.7 Å². The molecule has 6 nitrogen and oxygen atoms in total. The van der Waals surface area contributed by atoms with Gasteiger partial charge in [-0.15, -0.1) is 11.3 Å². The van der Waals surface area contributed by atoms with Crippen LogP contribution in [-0.4, -0.2) is 30.1 Å². The summed E-state index contributed by atoms with van der Waals surface area (Å²) in [6.45, 7) is 6.03. The number of hydrogen-bond donors (Lipinski definition) is 2. The Kier molecular flexibility index (Phi) is 6.43. The number of benzene rings is 1. The molecule has 2 aliphatic rings. The van der Waals surface area contributed by atoms with Crippen LogP contribution in [0.25, 0.3) is 0 Å². The van der Waals surface area contributed by atoms with Crippen molar-refractivity contribution in [1.29, 1.82) is 0 Å². The van der Waals surface area contributed by atoms with Crippen LogP contribution in [-0.2, 0) is 14.3 Å². The first-order valence-corrected chi connectivity index (χ1v) is 12.0. The molecule has 0 saturated heterocycles. The normalized spacial score (nSPS) is 24.4. The Hall–Kier alpha value is -2.93. The number of hydrogen-bond acceptors (Lipinski definition) is 5. The Bertz CT molecular complexity index is 1110. The molecule has 4 rings (SSSR count). The molecule has 7 heteroatoms. The highest BCUT2D eigenvalue weighted by Gasteiger charge is 2.57. The molecule has 2 aromatic rings. The van der Waals surface area contributed by atoms with Crippen molar-refractivity contribution in [3.63, 3.8) is 0 Å². The maximum Gasteiger partial charge on any atom is 0.340 e. The van der Waals surface area contributed by atoms with E-state index in [1.165, 1.54) is 18.4 Å². The Morgan fingerprint density at radius 3 is 2.30 bits per heavy atom. The molecule has 5 atom stereocenters. The second kappa shape index (κ2) is 9.14. The largest absolute Gasteiger partial charge is 0.481 e. The smallest absolute Gasteiger partial charge is 0.340 e. The van der Waals surface area contributed by atoms with Crippen LogP contribution < -0.4 is 5.32 Å². The Balaban J connectivity index is 1.66. The topological polar surface area (TPSA) is 92.7 Å². The summed E-state index contributed by atoms with van der Waals surface area (Å²) in [4.78, 5) is 39.0. The number of carbonyl (C=O) groups is 3. The van der Waals surface area contributed by atoms with E-state index in [1.807, 2.05) is 51.1 Å². The van der Waals surface area contributed by atoms with Crippen molar-refractivity contribution < 1.29 is 24.2 Å². The maximum atomic E-state index is 13.5. The summed E-state index contributed by atoms with van der Waals surface area (Å²) in [5, 5.41) is 13.3. The summed E-state index contributed by atoms with van der Waals surface area (Å²) in [7, 11) is 1.31. The molecule has 1 heterocycles. The van der Waals surface area contributed by atoms with Gasteiger partial charge in [0, 0.05) is 10.8 Å². The number of aliphatic carboxylic acids is 1. The quantitative estimate of drug-likeness (QED) is 0.443. The predicted octanol–water partition coefficient (Wildman–Crippen LogP) is 5.32. The lowest BCUT2D eigenvalue weighted by Gasteiger charge is -2.26. The van der Waals surface area contributed by atoms with E-state index < -0.39 is 23.8 Å². The number of anilines is 1. The Morgan fingerprint density at radius 1 is 1.09 bits per heavy atom. The van der Waals surface area contributed by atoms with Crippen molar-refractivity contribution in [2.45, 2.75) is 39.5 Å². The zero-order chi connectivity index (χ0) is 23.9. The minimum atomic E-state index is -0.932. The fourth-order valence-electron chi connectivity index (χ4n) is 5.68. The summed E-state index contributed by atoms with van der Waals surface area (Å²) in [5.41, 5.74) is 3.63. The predicted molar refractivity (Wildman–Crippen MR) is 127 cm³/mol. The second-order valence-electron chi connectivity index (χ2n) is 9.14. The van der Waals surface area contributed by atoms with E-state index in [2.05, 4.69) is 5.32 Å². The molecule has 1 aromatic carbocycles. The zero-order valence-electron chi connectivity index (χ0n) is 19.3. The summed E-state index contributed by atoms with van der Waals surface area (Å²) in [6, 6.07) is 11.7. The molecular formula is C26H29NO5S. The van der Waals surface area contributed by atoms with Gasteiger partial charge in [-0.2, -0.15) is 0 Å². The highest BCUT2D eigenvalue weighted by Crippen LogP contribution is 2.57. The molecule has 0 spiro atoms. The van der Waals surface area contributed by atoms with Crippen molar-refractivity contribution in [1.82, 2.24) is 0 Å². The number of nitrogens with one attached hydrogen (secondary N) is 1. The van der Waals surface area contributed by atoms with Gasteiger partial charge in [0.1, 0.15) is 5.00 Å². The summed E-state index contributed by atoms with van der Waals surface area (Å²) >= 11 is 1.34. The standard InChI is InChI=1S/C26H29NO5S/c1-13(2)20-16-10-11-17(20)22(25(29)30)21(16)23(28)27-24-18(26(31)32-4)12-19(33-24)14(3)15-8-6-5-7-9-15/h5-9,12,14,16-17,21-22H,10-11H2,1-4H3,(H,27,28)(H,29,30)/t14-,16+,17+,21+,22+/m1/s1. The van der Waals surface area contributed by atoms with E-state index in [9.17, 15) is 19.5 Å². The zero-order valence-corrected chi connectivity index (χ0v) is 20.1. The molecule has 1 aromatic heterocycles. The van der Waals surface area contributed by atoms with Gasteiger partial charge >= 0.3 is 11.9 Å². The lowest BCUT2D eigenvalue weighted by Crippen LogP contribution is -2.37. The summed E-state index contributed by atoms with van der Waals surface area (Å²) in [6.07, 6.45) is 1.62. The van der Waals surface area contributed by atoms with Crippen LogP contribution in [0.4, 0.5) is 5.00 Å². The van der Waals surface area contributed by atoms with Gasteiger partial charge in [-0.05, 0) is 50.2 Å². The van der Waals surface area contributed by atoms with Gasteiger partial charge in [0.2, 0.25) is 5.91 Å². The number of carbonyl (C=O) groups excluding carboxylic acids is 2. The number of methoxy groups -OCH3 is 1. The SMILES string of the molecule is COC(=O)c1cc([C@H](C)c2ccccc2)sc1NC(=O)[C@@H]1[C@@H](C(=O)O)[C@H]2CC[C@H]1C2=C(C)C. The average Bonchev–Trinajstić information content (AvgIpc) is 3.50. The minimum absolute atomic E-state index is 0.0248. The van der Waals surface area contributed by atoms with Crippen LogP contribution >= 0.6 is 11.3 Å². The summed E-state index contributed by atoms with van der Waals surface area (Å²) < 4.78 is 4.95. The highest BCUT2D eigenvalue weighted by molar-refractivity contribution is 7.16. The van der Waals surface area contributed by atoms with Crippen molar-refractivity contribution in [2.75, 3.05) is 12.4 Å². The van der Waals surface area contributed by atoms with Crippen LogP contribution in [0.2, 0.25) is 0 Å². The van der Waals surface area contributed by atoms with Crippen molar-refractivity contribution in [2.24, 2.45) is 23.7 Å². The van der Waals surface area contributed by atoms with Gasteiger partial charge in [-0.1, -0.05) is 48.4 Å². The number of esters is 1. The Labute approximate surface area is 197 Å². The van der Waals surface area contributed by atoms with E-state index in [0.29, 0.717) is 10.6 Å². The fourth-order valence-corrected chi connectivity index (χ4v) is 6.81.